The van der Waals surface area contributed by atoms with E-state index >= 15 is 0 Å². The van der Waals surface area contributed by atoms with Gasteiger partial charge in [0.1, 0.15) is 17.2 Å². The van der Waals surface area contributed by atoms with E-state index in [2.05, 4.69) is 4.98 Å². The largest absolute Gasteiger partial charge is 0.478 e. The topological polar surface area (TPSA) is 135 Å². The molecule has 0 spiro atoms. The molecule has 0 bridgehead atoms. The number of carbonyl (C=O) groups is 1. The quantitative estimate of drug-likeness (QED) is 0.459. The number of hydrogen-bond acceptors (Lipinski definition) is 7. The summed E-state index contributed by atoms with van der Waals surface area (Å²) in [6.07, 6.45) is 3.53. The zero-order valence-electron chi connectivity index (χ0n) is 19.5. The van der Waals surface area contributed by atoms with Gasteiger partial charge in [-0.25, -0.2) is 26.0 Å². The van der Waals surface area contributed by atoms with Gasteiger partial charge in [-0.3, -0.25) is 4.31 Å². The van der Waals surface area contributed by atoms with E-state index in [1.165, 1.54) is 28.6 Å². The Balaban J connectivity index is 1.61. The fourth-order valence-corrected chi connectivity index (χ4v) is 7.58. The molecule has 2 aliphatic rings. The zero-order chi connectivity index (χ0) is 25.8. The summed E-state index contributed by atoms with van der Waals surface area (Å²) in [7, 11) is -6.89. The lowest BCUT2D eigenvalue weighted by Gasteiger charge is -2.25. The summed E-state index contributed by atoms with van der Waals surface area (Å²) in [5.74, 6) is -1.53. The number of benzene rings is 1. The van der Waals surface area contributed by atoms with Crippen molar-refractivity contribution >= 4 is 42.7 Å². The average Bonchev–Trinajstić information content (AvgIpc) is 3.47. The predicted molar refractivity (Wildman–Crippen MR) is 132 cm³/mol. The van der Waals surface area contributed by atoms with Crippen molar-refractivity contribution in [1.29, 1.82) is 0 Å². The van der Waals surface area contributed by atoms with E-state index in [0.717, 1.165) is 19.1 Å². The van der Waals surface area contributed by atoms with Crippen LogP contribution in [0.2, 0.25) is 0 Å². The molecule has 1 aliphatic heterocycles. The molecule has 1 aliphatic carbocycles. The second-order valence-corrected chi connectivity index (χ2v) is 13.7. The van der Waals surface area contributed by atoms with Crippen LogP contribution in [0.5, 0.6) is 0 Å². The van der Waals surface area contributed by atoms with E-state index in [1.54, 1.807) is 6.07 Å². The summed E-state index contributed by atoms with van der Waals surface area (Å²) in [6, 6.07) is 6.82. The number of hydrogen-bond donors (Lipinski definition) is 1. The van der Waals surface area contributed by atoms with Gasteiger partial charge in [-0.15, -0.1) is 0 Å². The van der Waals surface area contributed by atoms with Gasteiger partial charge in [-0.1, -0.05) is 0 Å². The smallest absolute Gasteiger partial charge is 0.340 e. The highest BCUT2D eigenvalue weighted by Gasteiger charge is 2.35. The summed E-state index contributed by atoms with van der Waals surface area (Å²) >= 11 is 0. The molecule has 1 unspecified atom stereocenters. The first kappa shape index (κ1) is 24.7. The monoisotopic (exact) mass is 536 g/mol. The van der Waals surface area contributed by atoms with Gasteiger partial charge in [0.05, 0.1) is 23.1 Å². The van der Waals surface area contributed by atoms with Crippen LogP contribution in [0.1, 0.15) is 47.5 Å². The van der Waals surface area contributed by atoms with Crippen LogP contribution in [0.3, 0.4) is 0 Å². The molecule has 1 atom stereocenters. The fraction of sp³-hybridized carbons (Fsp3) is 0.417. The average molecular weight is 537 g/mol. The third-order valence-corrected chi connectivity index (χ3v) is 9.73. The first-order valence-corrected chi connectivity index (χ1v) is 15.2. The lowest BCUT2D eigenvalue weighted by molar-refractivity contribution is 0.0699. The van der Waals surface area contributed by atoms with E-state index < -0.39 is 31.6 Å². The number of aromatic nitrogens is 1. The Morgan fingerprint density at radius 3 is 2.47 bits per heavy atom. The Morgan fingerprint density at radius 2 is 1.92 bits per heavy atom. The lowest BCUT2D eigenvalue weighted by atomic mass is 10.0. The number of carboxylic acids is 1. The maximum absolute atomic E-state index is 13.4. The van der Waals surface area contributed by atoms with Crippen LogP contribution in [0.15, 0.2) is 34.7 Å². The summed E-state index contributed by atoms with van der Waals surface area (Å²) in [5.41, 5.74) is 0.799. The van der Waals surface area contributed by atoms with Crippen LogP contribution in [0.4, 0.5) is 10.2 Å². The van der Waals surface area contributed by atoms with Gasteiger partial charge in [-0.2, -0.15) is 4.98 Å². The van der Waals surface area contributed by atoms with E-state index in [4.69, 9.17) is 4.42 Å². The van der Waals surface area contributed by atoms with Crippen molar-refractivity contribution in [1.82, 2.24) is 4.98 Å². The normalized spacial score (nSPS) is 19.6. The molecule has 5 rings (SSSR count). The molecular weight excluding hydrogens is 511 g/mol. The van der Waals surface area contributed by atoms with Crippen molar-refractivity contribution in [2.24, 2.45) is 5.92 Å². The minimum absolute atomic E-state index is 0.00552. The standard InChI is InChI=1S/C24H25FN2O7S2/c1-35(30,31)27(10-8-14-9-11-36(32,33)13-14)22-18(15-2-3-15)12-19-20(24(28)29)21(34-23(19)26-22)16-4-6-17(25)7-5-16/h4-7,12,14-15H,2-3,8-11,13H2,1H3,(H,28,29). The number of aromatic carboxylic acids is 1. The molecule has 3 aromatic rings. The molecule has 1 saturated carbocycles. The Morgan fingerprint density at radius 1 is 1.22 bits per heavy atom. The molecule has 1 N–H and O–H groups in total. The van der Waals surface area contributed by atoms with E-state index in [9.17, 15) is 31.1 Å². The van der Waals surface area contributed by atoms with Gasteiger partial charge >= 0.3 is 5.97 Å². The molecule has 2 fully saturated rings. The van der Waals surface area contributed by atoms with Crippen LogP contribution >= 0.6 is 0 Å². The molecular formula is C24H25FN2O7S2. The van der Waals surface area contributed by atoms with Crippen LogP contribution in [-0.4, -0.2) is 57.2 Å². The number of rotatable bonds is 8. The van der Waals surface area contributed by atoms with Gasteiger partial charge in [0.2, 0.25) is 15.7 Å². The Bertz CT molecular complexity index is 1560. The number of pyridine rings is 1. The summed E-state index contributed by atoms with van der Waals surface area (Å²) in [6.45, 7) is 0.0502. The van der Waals surface area contributed by atoms with Crippen molar-refractivity contribution in [3.8, 4) is 11.3 Å². The van der Waals surface area contributed by atoms with Crippen LogP contribution in [0.25, 0.3) is 22.4 Å². The van der Waals surface area contributed by atoms with E-state index in [1.807, 2.05) is 0 Å². The fourth-order valence-electron chi connectivity index (χ4n) is 4.77. The Hall–Kier alpha value is -2.99. The Kier molecular flexibility index (Phi) is 6.06. The van der Waals surface area contributed by atoms with Crippen molar-refractivity contribution in [2.45, 2.75) is 31.6 Å². The van der Waals surface area contributed by atoms with Gasteiger partial charge in [-0.05, 0) is 73.4 Å². The van der Waals surface area contributed by atoms with Crippen molar-refractivity contribution in [2.75, 3.05) is 28.6 Å². The number of sulfone groups is 1. The summed E-state index contributed by atoms with van der Waals surface area (Å²) < 4.78 is 69.8. The number of fused-ring (bicyclic) bond motifs is 1. The SMILES string of the molecule is CS(=O)(=O)N(CCC1CCS(=O)(=O)C1)c1nc2oc(-c3ccc(F)cc3)c(C(=O)O)c2cc1C1CC1. The molecule has 2 aromatic heterocycles. The van der Waals surface area contributed by atoms with Gasteiger partial charge < -0.3 is 9.52 Å². The number of halogens is 1. The molecule has 192 valence electrons. The maximum Gasteiger partial charge on any atom is 0.340 e. The maximum atomic E-state index is 13.4. The number of furan rings is 1. The molecule has 1 saturated heterocycles. The van der Waals surface area contributed by atoms with Crippen molar-refractivity contribution < 1.29 is 35.5 Å². The molecule has 0 amide bonds. The second kappa shape index (κ2) is 8.84. The van der Waals surface area contributed by atoms with E-state index in [-0.39, 0.29) is 58.1 Å². The third-order valence-electron chi connectivity index (χ3n) is 6.73. The molecule has 9 nitrogen and oxygen atoms in total. The first-order valence-electron chi connectivity index (χ1n) is 11.6. The second-order valence-electron chi connectivity index (χ2n) is 9.54. The Labute approximate surface area is 207 Å². The number of sulfonamides is 1. The van der Waals surface area contributed by atoms with Crippen LogP contribution in [0, 0.1) is 11.7 Å². The highest BCUT2D eigenvalue weighted by molar-refractivity contribution is 7.92. The zero-order valence-corrected chi connectivity index (χ0v) is 21.1. The van der Waals surface area contributed by atoms with Gasteiger partial charge in [0, 0.05) is 12.1 Å². The molecule has 12 heteroatoms. The van der Waals surface area contributed by atoms with E-state index in [0.29, 0.717) is 24.0 Å². The van der Waals surface area contributed by atoms with Crippen LogP contribution < -0.4 is 4.31 Å². The highest BCUT2D eigenvalue weighted by Crippen LogP contribution is 2.47. The lowest BCUT2D eigenvalue weighted by Crippen LogP contribution is -2.33. The van der Waals surface area contributed by atoms with Gasteiger partial charge in [0.25, 0.3) is 0 Å². The summed E-state index contributed by atoms with van der Waals surface area (Å²) in [5, 5.41) is 10.2. The van der Waals surface area contributed by atoms with Crippen LogP contribution in [-0.2, 0) is 19.9 Å². The molecule has 1 aromatic carbocycles. The number of carboxylic acid groups (broad SMARTS) is 1. The summed E-state index contributed by atoms with van der Waals surface area (Å²) in [4.78, 5) is 16.7. The minimum atomic E-state index is -3.79. The number of anilines is 1. The minimum Gasteiger partial charge on any atom is -0.478 e. The predicted octanol–water partition coefficient (Wildman–Crippen LogP) is 3.80. The van der Waals surface area contributed by atoms with Crippen molar-refractivity contribution in [3.63, 3.8) is 0 Å². The molecule has 0 radical (unpaired) electrons. The first-order chi connectivity index (χ1) is 16.9. The van der Waals surface area contributed by atoms with Gasteiger partial charge in [0.15, 0.2) is 15.6 Å². The molecule has 36 heavy (non-hydrogen) atoms. The third kappa shape index (κ3) is 4.83. The molecule has 3 heterocycles. The van der Waals surface area contributed by atoms with Crippen molar-refractivity contribution in [3.05, 3.63) is 47.3 Å². The number of nitrogens with zero attached hydrogens (tertiary/aromatic N) is 2. The highest BCUT2D eigenvalue weighted by atomic mass is 32.2.